The molecule has 10 heteroatoms. The van der Waals surface area contributed by atoms with Crippen molar-refractivity contribution in [3.05, 3.63) is 29.8 Å². The topological polar surface area (TPSA) is 93.7 Å². The summed E-state index contributed by atoms with van der Waals surface area (Å²) in [6.45, 7) is 1.27. The maximum atomic E-state index is 11.9. The lowest BCUT2D eigenvalue weighted by molar-refractivity contribution is -0.125. The van der Waals surface area contributed by atoms with Gasteiger partial charge < -0.3 is 14.8 Å². The number of ether oxygens (including phenoxy) is 2. The van der Waals surface area contributed by atoms with Gasteiger partial charge in [-0.1, -0.05) is 0 Å². The van der Waals surface area contributed by atoms with Crippen LogP contribution in [-0.4, -0.2) is 43.3 Å². The fourth-order valence-electron chi connectivity index (χ4n) is 1.54. The van der Waals surface area contributed by atoms with Crippen molar-refractivity contribution in [1.82, 2.24) is 10.6 Å². The van der Waals surface area contributed by atoms with E-state index in [9.17, 15) is 27.6 Å². The van der Waals surface area contributed by atoms with E-state index in [1.807, 2.05) is 13.8 Å². The number of urea groups is 1. The summed E-state index contributed by atoms with van der Waals surface area (Å²) in [5, 5.41) is 3.05. The van der Waals surface area contributed by atoms with Crippen LogP contribution < -0.4 is 15.4 Å². The molecule has 3 amide bonds. The van der Waals surface area contributed by atoms with E-state index in [2.05, 4.69) is 4.74 Å². The zero-order valence-corrected chi connectivity index (χ0v) is 13.5. The average molecular weight is 362 g/mol. The molecule has 0 saturated heterocycles. The number of amides is 3. The molecule has 0 fully saturated rings. The van der Waals surface area contributed by atoms with E-state index >= 15 is 0 Å². The van der Waals surface area contributed by atoms with Crippen LogP contribution in [0, 0.1) is 0 Å². The van der Waals surface area contributed by atoms with Crippen molar-refractivity contribution in [3.8, 4) is 5.75 Å². The molecular formula is C15H17F3N2O5. The van der Waals surface area contributed by atoms with Crippen molar-refractivity contribution in [2.45, 2.75) is 26.1 Å². The summed E-state index contributed by atoms with van der Waals surface area (Å²) in [7, 11) is 0. The third-order valence-corrected chi connectivity index (χ3v) is 2.50. The minimum Gasteiger partial charge on any atom is -0.491 e. The summed E-state index contributed by atoms with van der Waals surface area (Å²) < 4.78 is 45.7. The Morgan fingerprint density at radius 3 is 2.24 bits per heavy atom. The molecule has 7 nitrogen and oxygen atoms in total. The molecular weight excluding hydrogens is 345 g/mol. The number of benzene rings is 1. The number of esters is 1. The fourth-order valence-corrected chi connectivity index (χ4v) is 1.54. The number of carbonyl (C=O) groups excluding carboxylic acids is 3. The van der Waals surface area contributed by atoms with Crippen LogP contribution in [0.1, 0.15) is 24.2 Å². The Balaban J connectivity index is 2.40. The van der Waals surface area contributed by atoms with E-state index in [0.29, 0.717) is 5.75 Å². The Kier molecular flexibility index (Phi) is 7.22. The summed E-state index contributed by atoms with van der Waals surface area (Å²) in [6.07, 6.45) is -4.64. The minimum atomic E-state index is -4.60. The molecule has 25 heavy (non-hydrogen) atoms. The van der Waals surface area contributed by atoms with Gasteiger partial charge in [-0.25, -0.2) is 9.59 Å². The molecule has 0 radical (unpaired) electrons. The first kappa shape index (κ1) is 20.3. The van der Waals surface area contributed by atoms with Crippen LogP contribution in [-0.2, 0) is 9.53 Å². The Labute approximate surface area is 141 Å². The number of alkyl halides is 3. The quantitative estimate of drug-likeness (QED) is 0.755. The minimum absolute atomic E-state index is 0.0370. The number of carbonyl (C=O) groups is 3. The number of hydrogen-bond acceptors (Lipinski definition) is 5. The summed E-state index contributed by atoms with van der Waals surface area (Å²) in [5.41, 5.74) is 0.144. The summed E-state index contributed by atoms with van der Waals surface area (Å²) in [6, 6.07) is 4.60. The molecule has 138 valence electrons. The normalized spacial score (nSPS) is 11.0. The van der Waals surface area contributed by atoms with Gasteiger partial charge >= 0.3 is 18.2 Å². The first-order valence-corrected chi connectivity index (χ1v) is 7.15. The van der Waals surface area contributed by atoms with Crippen molar-refractivity contribution in [3.63, 3.8) is 0 Å². The monoisotopic (exact) mass is 362 g/mol. The molecule has 1 rings (SSSR count). The lowest BCUT2D eigenvalue weighted by Crippen LogP contribution is -2.44. The first-order chi connectivity index (χ1) is 11.6. The van der Waals surface area contributed by atoms with Gasteiger partial charge in [-0.3, -0.25) is 10.1 Å². The molecule has 1 aromatic rings. The van der Waals surface area contributed by atoms with Gasteiger partial charge in [-0.2, -0.15) is 13.2 Å². The molecule has 0 bridgehead atoms. The molecule has 0 aliphatic rings. The first-order valence-electron chi connectivity index (χ1n) is 7.15. The van der Waals surface area contributed by atoms with Crippen molar-refractivity contribution in [1.29, 1.82) is 0 Å². The molecule has 0 unspecified atom stereocenters. The van der Waals surface area contributed by atoms with E-state index in [1.54, 1.807) is 17.4 Å². The Morgan fingerprint density at radius 1 is 1.12 bits per heavy atom. The number of rotatable bonds is 6. The van der Waals surface area contributed by atoms with Gasteiger partial charge in [0, 0.05) is 0 Å². The predicted molar refractivity (Wildman–Crippen MR) is 80.1 cm³/mol. The number of hydrogen-bond donors (Lipinski definition) is 2. The van der Waals surface area contributed by atoms with E-state index in [4.69, 9.17) is 4.74 Å². The van der Waals surface area contributed by atoms with E-state index in [1.165, 1.54) is 17.4 Å². The molecule has 0 aliphatic carbocycles. The number of nitrogens with one attached hydrogen (secondary N) is 2. The predicted octanol–water partition coefficient (Wildman–Crippen LogP) is 2.02. The largest absolute Gasteiger partial charge is 0.491 e. The second-order valence-electron chi connectivity index (χ2n) is 5.11. The lowest BCUT2D eigenvalue weighted by atomic mass is 10.2. The molecule has 0 aromatic heterocycles. The van der Waals surface area contributed by atoms with Crippen LogP contribution in [0.15, 0.2) is 24.3 Å². The molecule has 0 atom stereocenters. The van der Waals surface area contributed by atoms with Crippen LogP contribution in [0.3, 0.4) is 0 Å². The van der Waals surface area contributed by atoms with Crippen LogP contribution >= 0.6 is 0 Å². The van der Waals surface area contributed by atoms with E-state index in [-0.39, 0.29) is 11.7 Å². The third-order valence-electron chi connectivity index (χ3n) is 2.50. The highest BCUT2D eigenvalue weighted by Crippen LogP contribution is 2.14. The fraction of sp³-hybridized carbons (Fsp3) is 0.400. The second-order valence-corrected chi connectivity index (χ2v) is 5.11. The van der Waals surface area contributed by atoms with Gasteiger partial charge in [0.25, 0.3) is 5.91 Å². The summed E-state index contributed by atoms with van der Waals surface area (Å²) in [4.78, 5) is 34.1. The average Bonchev–Trinajstić information content (AvgIpc) is 2.50. The van der Waals surface area contributed by atoms with Gasteiger partial charge in [-0.15, -0.1) is 0 Å². The highest BCUT2D eigenvalue weighted by molar-refractivity contribution is 5.97. The smallest absolute Gasteiger partial charge is 0.405 e. The number of halogens is 3. The van der Waals surface area contributed by atoms with Gasteiger partial charge in [0.1, 0.15) is 12.3 Å². The van der Waals surface area contributed by atoms with Crippen molar-refractivity contribution >= 4 is 17.9 Å². The van der Waals surface area contributed by atoms with Gasteiger partial charge in [0.05, 0.1) is 11.7 Å². The Hall–Kier alpha value is -2.78. The molecule has 0 spiro atoms. The zero-order chi connectivity index (χ0) is 19.0. The van der Waals surface area contributed by atoms with Crippen LogP contribution in [0.5, 0.6) is 5.75 Å². The van der Waals surface area contributed by atoms with Crippen molar-refractivity contribution in [2.24, 2.45) is 0 Å². The maximum absolute atomic E-state index is 11.9. The summed E-state index contributed by atoms with van der Waals surface area (Å²) in [5.74, 6) is -1.35. The second kappa shape index (κ2) is 8.90. The maximum Gasteiger partial charge on any atom is 0.405 e. The lowest BCUT2D eigenvalue weighted by Gasteiger charge is -2.10. The van der Waals surface area contributed by atoms with Gasteiger partial charge in [-0.05, 0) is 38.1 Å². The van der Waals surface area contributed by atoms with Gasteiger partial charge in [0.15, 0.2) is 6.61 Å². The summed E-state index contributed by atoms with van der Waals surface area (Å²) >= 11 is 0. The molecule has 0 saturated carbocycles. The highest BCUT2D eigenvalue weighted by atomic mass is 19.4. The third kappa shape index (κ3) is 8.58. The van der Waals surface area contributed by atoms with Crippen molar-refractivity contribution in [2.75, 3.05) is 13.2 Å². The molecule has 0 heterocycles. The van der Waals surface area contributed by atoms with Crippen LogP contribution in [0.25, 0.3) is 0 Å². The van der Waals surface area contributed by atoms with E-state index in [0.717, 1.165) is 0 Å². The Bertz CT molecular complexity index is 615. The van der Waals surface area contributed by atoms with Crippen molar-refractivity contribution < 1.29 is 37.0 Å². The van der Waals surface area contributed by atoms with Gasteiger partial charge in [0.2, 0.25) is 0 Å². The molecule has 2 N–H and O–H groups in total. The zero-order valence-electron chi connectivity index (χ0n) is 13.5. The Morgan fingerprint density at radius 2 is 1.72 bits per heavy atom. The standard InChI is InChI=1S/C15H17F3N2O5/c1-9(2)25-11-5-3-10(4-6-11)13(22)24-7-12(21)20-14(23)19-8-15(16,17)18/h3-6,9H,7-8H2,1-2H3,(H2,19,20,21,23). The SMILES string of the molecule is CC(C)Oc1ccc(C(=O)OCC(=O)NC(=O)NCC(F)(F)F)cc1. The number of imide groups is 1. The molecule has 0 aliphatic heterocycles. The molecule has 1 aromatic carbocycles. The highest BCUT2D eigenvalue weighted by Gasteiger charge is 2.28. The van der Waals surface area contributed by atoms with Crippen LogP contribution in [0.4, 0.5) is 18.0 Å². The van der Waals surface area contributed by atoms with Crippen LogP contribution in [0.2, 0.25) is 0 Å². The van der Waals surface area contributed by atoms with E-state index < -0.39 is 37.2 Å².